The zero-order valence-corrected chi connectivity index (χ0v) is 4.81. The second-order valence-electron chi connectivity index (χ2n) is 2.46. The van der Waals surface area contributed by atoms with Gasteiger partial charge in [0.1, 0.15) is 6.17 Å². The van der Waals surface area contributed by atoms with Crippen LogP contribution in [0.4, 0.5) is 4.39 Å². The lowest BCUT2D eigenvalue weighted by molar-refractivity contribution is 0.219. The summed E-state index contributed by atoms with van der Waals surface area (Å²) in [7, 11) is 0. The normalized spacial score (nSPS) is 38.2. The van der Waals surface area contributed by atoms with Gasteiger partial charge in [0.05, 0.1) is 0 Å². The molecular formula is C6H11FO. The van der Waals surface area contributed by atoms with E-state index < -0.39 is 6.17 Å². The minimum atomic E-state index is -0.632. The molecule has 1 aliphatic carbocycles. The molecule has 2 atom stereocenters. The van der Waals surface area contributed by atoms with Crippen molar-refractivity contribution >= 4 is 0 Å². The maximum atomic E-state index is 12.2. The minimum absolute atomic E-state index is 0.167. The van der Waals surface area contributed by atoms with Crippen molar-refractivity contribution in [3.63, 3.8) is 0 Å². The SMILES string of the molecule is OC[C@@H]1CC[C@H](F)C1. The monoisotopic (exact) mass is 118 g/mol. The van der Waals surface area contributed by atoms with Gasteiger partial charge in [-0.2, -0.15) is 0 Å². The molecule has 1 saturated carbocycles. The second kappa shape index (κ2) is 2.44. The molecule has 0 spiro atoms. The van der Waals surface area contributed by atoms with Crippen molar-refractivity contribution in [3.05, 3.63) is 0 Å². The highest BCUT2D eigenvalue weighted by Crippen LogP contribution is 2.26. The van der Waals surface area contributed by atoms with Crippen LogP contribution in [0.2, 0.25) is 0 Å². The highest BCUT2D eigenvalue weighted by Gasteiger charge is 2.22. The number of aliphatic hydroxyl groups excluding tert-OH is 1. The Bertz CT molecular complexity index is 74.9. The highest BCUT2D eigenvalue weighted by atomic mass is 19.1. The van der Waals surface area contributed by atoms with E-state index in [9.17, 15) is 4.39 Å². The molecule has 0 bridgehead atoms. The Labute approximate surface area is 48.5 Å². The fourth-order valence-corrected chi connectivity index (χ4v) is 1.18. The number of alkyl halides is 1. The molecule has 0 aromatic rings. The molecule has 0 aliphatic heterocycles. The van der Waals surface area contributed by atoms with Crippen molar-refractivity contribution in [2.24, 2.45) is 5.92 Å². The molecule has 0 saturated heterocycles. The van der Waals surface area contributed by atoms with Crippen molar-refractivity contribution in [1.82, 2.24) is 0 Å². The van der Waals surface area contributed by atoms with Crippen LogP contribution in [0.3, 0.4) is 0 Å². The molecule has 0 unspecified atom stereocenters. The first kappa shape index (κ1) is 6.02. The smallest absolute Gasteiger partial charge is 0.100 e. The van der Waals surface area contributed by atoms with E-state index in [1.54, 1.807) is 0 Å². The van der Waals surface area contributed by atoms with Crippen LogP contribution in [0.5, 0.6) is 0 Å². The van der Waals surface area contributed by atoms with Gasteiger partial charge in [-0.1, -0.05) is 0 Å². The van der Waals surface area contributed by atoms with Gasteiger partial charge in [0.25, 0.3) is 0 Å². The summed E-state index contributed by atoms with van der Waals surface area (Å²) in [5, 5.41) is 8.52. The Balaban J connectivity index is 2.22. The molecule has 8 heavy (non-hydrogen) atoms. The Morgan fingerprint density at radius 1 is 1.50 bits per heavy atom. The Hall–Kier alpha value is -0.110. The van der Waals surface area contributed by atoms with Crippen molar-refractivity contribution in [2.75, 3.05) is 6.61 Å². The third kappa shape index (κ3) is 1.19. The first-order valence-corrected chi connectivity index (χ1v) is 3.08. The summed E-state index contributed by atoms with van der Waals surface area (Å²) in [5.74, 6) is 0.255. The predicted molar refractivity (Wildman–Crippen MR) is 29.3 cm³/mol. The third-order valence-corrected chi connectivity index (χ3v) is 1.74. The molecule has 1 N–H and O–H groups in total. The summed E-state index contributed by atoms with van der Waals surface area (Å²) in [6.45, 7) is 0.167. The van der Waals surface area contributed by atoms with E-state index in [-0.39, 0.29) is 12.5 Å². The van der Waals surface area contributed by atoms with Gasteiger partial charge in [-0.15, -0.1) is 0 Å². The maximum absolute atomic E-state index is 12.2. The van der Waals surface area contributed by atoms with Crippen molar-refractivity contribution in [2.45, 2.75) is 25.4 Å². The van der Waals surface area contributed by atoms with Gasteiger partial charge in [-0.05, 0) is 25.2 Å². The molecule has 0 amide bonds. The average molecular weight is 118 g/mol. The zero-order chi connectivity index (χ0) is 5.98. The van der Waals surface area contributed by atoms with E-state index in [4.69, 9.17) is 5.11 Å². The molecule has 0 radical (unpaired) electrons. The summed E-state index contributed by atoms with van der Waals surface area (Å²) in [6, 6.07) is 0. The maximum Gasteiger partial charge on any atom is 0.100 e. The lowest BCUT2D eigenvalue weighted by Crippen LogP contribution is -2.00. The molecule has 2 heteroatoms. The molecule has 1 aliphatic rings. The van der Waals surface area contributed by atoms with Gasteiger partial charge in [-0.25, -0.2) is 4.39 Å². The van der Waals surface area contributed by atoms with Crippen molar-refractivity contribution in [3.8, 4) is 0 Å². The summed E-state index contributed by atoms with van der Waals surface area (Å²) < 4.78 is 12.2. The van der Waals surface area contributed by atoms with Crippen LogP contribution >= 0.6 is 0 Å². The Kier molecular flexibility index (Phi) is 1.84. The molecular weight excluding hydrogens is 107 g/mol. The summed E-state index contributed by atoms with van der Waals surface area (Å²) >= 11 is 0. The molecule has 1 rings (SSSR count). The van der Waals surface area contributed by atoms with E-state index >= 15 is 0 Å². The van der Waals surface area contributed by atoms with Crippen molar-refractivity contribution < 1.29 is 9.50 Å². The number of hydrogen-bond donors (Lipinski definition) is 1. The van der Waals surface area contributed by atoms with Crippen LogP contribution in [0.1, 0.15) is 19.3 Å². The summed E-state index contributed by atoms with van der Waals surface area (Å²) in [6.07, 6.45) is 1.48. The Morgan fingerprint density at radius 3 is 2.50 bits per heavy atom. The lowest BCUT2D eigenvalue weighted by Gasteiger charge is -1.99. The molecule has 48 valence electrons. The van der Waals surface area contributed by atoms with Crippen LogP contribution < -0.4 is 0 Å². The first-order valence-electron chi connectivity index (χ1n) is 3.08. The van der Waals surface area contributed by atoms with Crippen LogP contribution in [0.25, 0.3) is 0 Å². The number of aliphatic hydroxyl groups is 1. The third-order valence-electron chi connectivity index (χ3n) is 1.74. The average Bonchev–Trinajstić information content (AvgIpc) is 2.14. The van der Waals surface area contributed by atoms with Crippen molar-refractivity contribution in [1.29, 1.82) is 0 Å². The molecule has 0 heterocycles. The summed E-state index contributed by atoms with van der Waals surface area (Å²) in [5.41, 5.74) is 0. The minimum Gasteiger partial charge on any atom is -0.396 e. The topological polar surface area (TPSA) is 20.2 Å². The van der Waals surface area contributed by atoms with Gasteiger partial charge in [0, 0.05) is 6.61 Å². The standard InChI is InChI=1S/C6H11FO/c7-6-2-1-5(3-6)4-8/h5-6,8H,1-4H2/t5-,6+/m1/s1. The molecule has 1 nitrogen and oxygen atoms in total. The van der Waals surface area contributed by atoms with E-state index in [1.807, 2.05) is 0 Å². The first-order chi connectivity index (χ1) is 3.83. The lowest BCUT2D eigenvalue weighted by atomic mass is 10.1. The predicted octanol–water partition coefficient (Wildman–Crippen LogP) is 1.12. The van der Waals surface area contributed by atoms with Crippen LogP contribution in [0, 0.1) is 5.92 Å². The van der Waals surface area contributed by atoms with E-state index in [1.165, 1.54) is 0 Å². The fraction of sp³-hybridized carbons (Fsp3) is 1.00. The largest absolute Gasteiger partial charge is 0.396 e. The van der Waals surface area contributed by atoms with Crippen LogP contribution in [-0.4, -0.2) is 17.9 Å². The van der Waals surface area contributed by atoms with E-state index in [0.29, 0.717) is 12.8 Å². The zero-order valence-electron chi connectivity index (χ0n) is 4.81. The van der Waals surface area contributed by atoms with Gasteiger partial charge < -0.3 is 5.11 Å². The van der Waals surface area contributed by atoms with Gasteiger partial charge in [0.2, 0.25) is 0 Å². The van der Waals surface area contributed by atoms with E-state index in [2.05, 4.69) is 0 Å². The Morgan fingerprint density at radius 2 is 2.25 bits per heavy atom. The van der Waals surface area contributed by atoms with Gasteiger partial charge in [0.15, 0.2) is 0 Å². The highest BCUT2D eigenvalue weighted by molar-refractivity contribution is 4.73. The quantitative estimate of drug-likeness (QED) is 0.547. The molecule has 0 aromatic heterocycles. The fourth-order valence-electron chi connectivity index (χ4n) is 1.18. The molecule has 0 aromatic carbocycles. The summed E-state index contributed by atoms with van der Waals surface area (Å²) in [4.78, 5) is 0. The van der Waals surface area contributed by atoms with E-state index in [0.717, 1.165) is 6.42 Å². The number of rotatable bonds is 1. The second-order valence-corrected chi connectivity index (χ2v) is 2.46. The molecule has 1 fully saturated rings. The van der Waals surface area contributed by atoms with Gasteiger partial charge >= 0.3 is 0 Å². The van der Waals surface area contributed by atoms with Crippen LogP contribution in [-0.2, 0) is 0 Å². The van der Waals surface area contributed by atoms with Crippen LogP contribution in [0.15, 0.2) is 0 Å². The van der Waals surface area contributed by atoms with Gasteiger partial charge in [-0.3, -0.25) is 0 Å². The number of halogens is 1. The number of hydrogen-bond acceptors (Lipinski definition) is 1.